The molecule has 0 bridgehead atoms. The van der Waals surface area contributed by atoms with Crippen LogP contribution in [0.15, 0.2) is 24.4 Å². The Morgan fingerprint density at radius 3 is 3.05 bits per heavy atom. The number of aromatic amines is 1. The monoisotopic (exact) mass is 279 g/mol. The van der Waals surface area contributed by atoms with Crippen LogP contribution in [0, 0.1) is 0 Å². The molecule has 1 aromatic carbocycles. The molecule has 5 heteroatoms. The van der Waals surface area contributed by atoms with Gasteiger partial charge in [0.25, 0.3) is 0 Å². The summed E-state index contributed by atoms with van der Waals surface area (Å²) in [6, 6.07) is 5.76. The van der Waals surface area contributed by atoms with Crippen molar-refractivity contribution in [2.24, 2.45) is 5.73 Å². The summed E-state index contributed by atoms with van der Waals surface area (Å²) in [5, 5.41) is 4.73. The van der Waals surface area contributed by atoms with E-state index in [1.807, 2.05) is 24.4 Å². The molecule has 2 rings (SSSR count). The lowest BCUT2D eigenvalue weighted by Crippen LogP contribution is -2.25. The number of carbonyl (C=O) groups is 1. The maximum atomic E-state index is 11.5. The molecule has 4 N–H and O–H groups in total. The van der Waals surface area contributed by atoms with E-state index in [2.05, 4.69) is 10.3 Å². The van der Waals surface area contributed by atoms with Gasteiger partial charge in [-0.05, 0) is 43.1 Å². The standard InChI is InChI=1S/C14H18ClN3O/c15-11-3-4-13-12(8-11)10(9-18-13)5-7-17-14(19)2-1-6-16/h3-4,8-9,18H,1-2,5-7,16H2,(H,17,19). The van der Waals surface area contributed by atoms with Crippen molar-refractivity contribution in [1.82, 2.24) is 10.3 Å². The van der Waals surface area contributed by atoms with Crippen LogP contribution in [0.2, 0.25) is 5.02 Å². The highest BCUT2D eigenvalue weighted by Crippen LogP contribution is 2.22. The van der Waals surface area contributed by atoms with Crippen LogP contribution in [0.25, 0.3) is 10.9 Å². The average Bonchev–Trinajstić information content (AvgIpc) is 2.79. The molecule has 102 valence electrons. The summed E-state index contributed by atoms with van der Waals surface area (Å²) in [6.07, 6.45) is 3.98. The van der Waals surface area contributed by atoms with Gasteiger partial charge in [-0.2, -0.15) is 0 Å². The van der Waals surface area contributed by atoms with E-state index in [4.69, 9.17) is 17.3 Å². The predicted octanol–water partition coefficient (Wildman–Crippen LogP) is 2.22. The summed E-state index contributed by atoms with van der Waals surface area (Å²) in [4.78, 5) is 14.7. The van der Waals surface area contributed by atoms with Gasteiger partial charge in [-0.15, -0.1) is 0 Å². The number of amides is 1. The summed E-state index contributed by atoms with van der Waals surface area (Å²) in [5.74, 6) is 0.0586. The fourth-order valence-corrected chi connectivity index (χ4v) is 2.22. The summed E-state index contributed by atoms with van der Waals surface area (Å²) >= 11 is 5.99. The lowest BCUT2D eigenvalue weighted by atomic mass is 10.1. The Labute approximate surface area is 117 Å². The molecule has 0 spiro atoms. The van der Waals surface area contributed by atoms with E-state index in [1.54, 1.807) is 0 Å². The number of hydrogen-bond acceptors (Lipinski definition) is 2. The molecule has 0 saturated heterocycles. The van der Waals surface area contributed by atoms with E-state index in [-0.39, 0.29) is 5.91 Å². The second-order valence-electron chi connectivity index (χ2n) is 4.50. The molecular weight excluding hydrogens is 262 g/mol. The second-order valence-corrected chi connectivity index (χ2v) is 4.93. The first-order chi connectivity index (χ1) is 9.20. The maximum absolute atomic E-state index is 11.5. The van der Waals surface area contributed by atoms with E-state index in [1.165, 1.54) is 0 Å². The Balaban J connectivity index is 1.91. The number of rotatable bonds is 6. The van der Waals surface area contributed by atoms with Crippen LogP contribution in [0.4, 0.5) is 0 Å². The predicted molar refractivity (Wildman–Crippen MR) is 78.3 cm³/mol. The van der Waals surface area contributed by atoms with Crippen molar-refractivity contribution in [3.8, 4) is 0 Å². The molecule has 19 heavy (non-hydrogen) atoms. The van der Waals surface area contributed by atoms with Crippen molar-refractivity contribution in [2.75, 3.05) is 13.1 Å². The number of benzene rings is 1. The van der Waals surface area contributed by atoms with Crippen LogP contribution in [-0.2, 0) is 11.2 Å². The van der Waals surface area contributed by atoms with Gasteiger partial charge in [-0.1, -0.05) is 11.6 Å². The van der Waals surface area contributed by atoms with E-state index in [0.29, 0.717) is 19.5 Å². The highest BCUT2D eigenvalue weighted by molar-refractivity contribution is 6.31. The Kier molecular flexibility index (Phi) is 4.82. The van der Waals surface area contributed by atoms with Crippen molar-refractivity contribution < 1.29 is 4.79 Å². The van der Waals surface area contributed by atoms with Gasteiger partial charge in [0.2, 0.25) is 5.91 Å². The third-order valence-corrected chi connectivity index (χ3v) is 3.29. The molecule has 0 unspecified atom stereocenters. The van der Waals surface area contributed by atoms with Gasteiger partial charge in [0.05, 0.1) is 0 Å². The third-order valence-electron chi connectivity index (χ3n) is 3.05. The lowest BCUT2D eigenvalue weighted by Gasteiger charge is -2.04. The molecule has 0 aliphatic rings. The number of halogens is 1. The van der Waals surface area contributed by atoms with Gasteiger partial charge in [-0.3, -0.25) is 4.79 Å². The molecule has 0 radical (unpaired) electrons. The Bertz CT molecular complexity index is 565. The summed E-state index contributed by atoms with van der Waals surface area (Å²) in [6.45, 7) is 1.18. The molecule has 4 nitrogen and oxygen atoms in total. The average molecular weight is 280 g/mol. The fourth-order valence-electron chi connectivity index (χ4n) is 2.05. The zero-order chi connectivity index (χ0) is 13.7. The number of aromatic nitrogens is 1. The van der Waals surface area contributed by atoms with Gasteiger partial charge >= 0.3 is 0 Å². The molecule has 1 heterocycles. The van der Waals surface area contributed by atoms with Crippen LogP contribution in [-0.4, -0.2) is 24.0 Å². The van der Waals surface area contributed by atoms with Crippen molar-refractivity contribution in [2.45, 2.75) is 19.3 Å². The molecule has 2 aromatic rings. The van der Waals surface area contributed by atoms with Gasteiger partial charge < -0.3 is 16.0 Å². The topological polar surface area (TPSA) is 70.9 Å². The van der Waals surface area contributed by atoms with Crippen molar-refractivity contribution in [3.63, 3.8) is 0 Å². The second kappa shape index (κ2) is 6.59. The maximum Gasteiger partial charge on any atom is 0.220 e. The van der Waals surface area contributed by atoms with Gasteiger partial charge in [0, 0.05) is 35.1 Å². The molecular formula is C14H18ClN3O. The van der Waals surface area contributed by atoms with Gasteiger partial charge in [0.1, 0.15) is 0 Å². The first-order valence-electron chi connectivity index (χ1n) is 6.43. The number of nitrogens with one attached hydrogen (secondary N) is 2. The molecule has 0 atom stereocenters. The fraction of sp³-hybridized carbons (Fsp3) is 0.357. The smallest absolute Gasteiger partial charge is 0.220 e. The van der Waals surface area contributed by atoms with Crippen molar-refractivity contribution in [1.29, 1.82) is 0 Å². The molecule has 0 saturated carbocycles. The van der Waals surface area contributed by atoms with E-state index < -0.39 is 0 Å². The summed E-state index contributed by atoms with van der Waals surface area (Å²) in [5.41, 5.74) is 7.59. The molecule has 0 aliphatic carbocycles. The molecule has 0 fully saturated rings. The van der Waals surface area contributed by atoms with Crippen LogP contribution in [0.5, 0.6) is 0 Å². The Hall–Kier alpha value is -1.52. The Morgan fingerprint density at radius 2 is 2.26 bits per heavy atom. The minimum absolute atomic E-state index is 0.0586. The summed E-state index contributed by atoms with van der Waals surface area (Å²) in [7, 11) is 0. The molecule has 0 aliphatic heterocycles. The zero-order valence-corrected chi connectivity index (χ0v) is 11.5. The van der Waals surface area contributed by atoms with Crippen LogP contribution in [0.3, 0.4) is 0 Å². The normalized spacial score (nSPS) is 10.8. The zero-order valence-electron chi connectivity index (χ0n) is 10.7. The van der Waals surface area contributed by atoms with Gasteiger partial charge in [-0.25, -0.2) is 0 Å². The van der Waals surface area contributed by atoms with Crippen LogP contribution in [0.1, 0.15) is 18.4 Å². The van der Waals surface area contributed by atoms with Crippen molar-refractivity contribution >= 4 is 28.4 Å². The Morgan fingerprint density at radius 1 is 1.42 bits per heavy atom. The first-order valence-corrected chi connectivity index (χ1v) is 6.81. The van der Waals surface area contributed by atoms with Crippen molar-refractivity contribution in [3.05, 3.63) is 35.0 Å². The third kappa shape index (κ3) is 3.72. The molecule has 1 amide bonds. The lowest BCUT2D eigenvalue weighted by molar-refractivity contribution is -0.121. The minimum Gasteiger partial charge on any atom is -0.361 e. The number of fused-ring (bicyclic) bond motifs is 1. The first kappa shape index (κ1) is 13.9. The van der Waals surface area contributed by atoms with E-state index in [9.17, 15) is 4.79 Å². The van der Waals surface area contributed by atoms with Crippen LogP contribution < -0.4 is 11.1 Å². The molecule has 1 aromatic heterocycles. The number of carbonyl (C=O) groups excluding carboxylic acids is 1. The quantitative estimate of drug-likeness (QED) is 0.759. The number of nitrogens with two attached hydrogens (primary N) is 1. The SMILES string of the molecule is NCCCC(=O)NCCc1c[nH]c2ccc(Cl)cc12. The van der Waals surface area contributed by atoms with E-state index >= 15 is 0 Å². The highest BCUT2D eigenvalue weighted by Gasteiger charge is 2.05. The summed E-state index contributed by atoms with van der Waals surface area (Å²) < 4.78 is 0. The minimum atomic E-state index is 0.0586. The number of H-pyrrole nitrogens is 1. The largest absolute Gasteiger partial charge is 0.361 e. The highest BCUT2D eigenvalue weighted by atomic mass is 35.5. The van der Waals surface area contributed by atoms with Crippen LogP contribution >= 0.6 is 11.6 Å². The number of hydrogen-bond donors (Lipinski definition) is 3. The van der Waals surface area contributed by atoms with E-state index in [0.717, 1.165) is 34.3 Å². The van der Waals surface area contributed by atoms with Gasteiger partial charge in [0.15, 0.2) is 0 Å².